The van der Waals surface area contributed by atoms with Crippen molar-refractivity contribution in [1.29, 1.82) is 5.26 Å². The Bertz CT molecular complexity index is 1200. The zero-order valence-electron chi connectivity index (χ0n) is 19.0. The van der Waals surface area contributed by atoms with Crippen LogP contribution in [0.5, 0.6) is 5.88 Å². The number of imidazole rings is 1. The fraction of sp³-hybridized carbons (Fsp3) is 0.500. The van der Waals surface area contributed by atoms with Crippen molar-refractivity contribution in [3.05, 3.63) is 29.7 Å². The Hall–Kier alpha value is -3.61. The van der Waals surface area contributed by atoms with E-state index < -0.39 is 5.60 Å². The first kappa shape index (κ1) is 21.6. The largest absolute Gasteiger partial charge is 0.482 e. The van der Waals surface area contributed by atoms with Gasteiger partial charge in [-0.2, -0.15) is 5.26 Å². The molecule has 4 rings (SSSR count). The number of ether oxygens (including phenoxy) is 2. The van der Waals surface area contributed by atoms with Crippen LogP contribution in [0.1, 0.15) is 51.0 Å². The third kappa shape index (κ3) is 3.98. The maximum absolute atomic E-state index is 12.5. The average molecular weight is 438 g/mol. The lowest BCUT2D eigenvalue weighted by Gasteiger charge is -2.34. The van der Waals surface area contributed by atoms with Crippen LogP contribution in [0.15, 0.2) is 18.3 Å². The molecule has 0 bridgehead atoms. The van der Waals surface area contributed by atoms with Crippen LogP contribution >= 0.6 is 0 Å². The minimum absolute atomic E-state index is 0.0137. The Morgan fingerprint density at radius 1 is 1.31 bits per heavy atom. The Morgan fingerprint density at radius 3 is 2.78 bits per heavy atom. The summed E-state index contributed by atoms with van der Waals surface area (Å²) in [5, 5.41) is 18.1. The standard InChI is InChI=1S/C22H27N7O3/c1-14-20(15-9-18-24-12-17(11-23)28(18)19(10-15)31-5)25-26-29(14)16-7-6-8-27(13-16)21(30)32-22(2,3)4/h9-10,12,16H,6-8,13H2,1-5H3/t16-/m1/s1. The molecule has 0 N–H and O–H groups in total. The molecule has 1 saturated heterocycles. The van der Waals surface area contributed by atoms with Crippen LogP contribution in [0, 0.1) is 18.3 Å². The van der Waals surface area contributed by atoms with Gasteiger partial charge in [0.15, 0.2) is 0 Å². The molecule has 0 aromatic carbocycles. The normalized spacial score (nSPS) is 16.8. The van der Waals surface area contributed by atoms with Crippen LogP contribution in [0.4, 0.5) is 4.79 Å². The zero-order valence-corrected chi connectivity index (χ0v) is 19.0. The van der Waals surface area contributed by atoms with Crippen LogP contribution in [0.25, 0.3) is 16.9 Å². The molecular weight excluding hydrogens is 410 g/mol. The summed E-state index contributed by atoms with van der Waals surface area (Å²) in [5.74, 6) is 0.495. The summed E-state index contributed by atoms with van der Waals surface area (Å²) in [6, 6.07) is 5.81. The minimum Gasteiger partial charge on any atom is -0.482 e. The number of carbonyl (C=O) groups is 1. The highest BCUT2D eigenvalue weighted by atomic mass is 16.6. The second-order valence-corrected chi connectivity index (χ2v) is 8.93. The number of nitrogens with zero attached hydrogens (tertiary/aromatic N) is 7. The summed E-state index contributed by atoms with van der Waals surface area (Å²) in [4.78, 5) is 18.6. The predicted octanol–water partition coefficient (Wildman–Crippen LogP) is 3.35. The SMILES string of the molecule is COc1cc(-c2nnn([C@@H]3CCCN(C(=O)OC(C)(C)C)C3)c2C)cc2ncc(C#N)n12. The molecule has 0 unspecified atom stereocenters. The number of pyridine rings is 1. The summed E-state index contributed by atoms with van der Waals surface area (Å²) in [6.07, 6.45) is 2.97. The smallest absolute Gasteiger partial charge is 0.410 e. The molecule has 168 valence electrons. The van der Waals surface area contributed by atoms with Crippen LogP contribution < -0.4 is 4.74 Å². The molecule has 0 saturated carbocycles. The molecule has 10 nitrogen and oxygen atoms in total. The molecule has 3 aromatic rings. The van der Waals surface area contributed by atoms with E-state index in [1.807, 2.05) is 44.5 Å². The molecule has 1 aliphatic rings. The number of methoxy groups -OCH3 is 1. The van der Waals surface area contributed by atoms with E-state index >= 15 is 0 Å². The third-order valence-corrected chi connectivity index (χ3v) is 5.49. The maximum atomic E-state index is 12.5. The lowest BCUT2D eigenvalue weighted by molar-refractivity contribution is 0.0165. The minimum atomic E-state index is -0.531. The Labute approximate surface area is 186 Å². The third-order valence-electron chi connectivity index (χ3n) is 5.49. The van der Waals surface area contributed by atoms with Crippen molar-refractivity contribution < 1.29 is 14.3 Å². The quantitative estimate of drug-likeness (QED) is 0.618. The van der Waals surface area contributed by atoms with Gasteiger partial charge in [0.05, 0.1) is 25.0 Å². The number of rotatable bonds is 3. The van der Waals surface area contributed by atoms with E-state index in [9.17, 15) is 10.1 Å². The van der Waals surface area contributed by atoms with Gasteiger partial charge in [-0.15, -0.1) is 5.10 Å². The van der Waals surface area contributed by atoms with Gasteiger partial charge in [-0.25, -0.2) is 14.5 Å². The maximum Gasteiger partial charge on any atom is 0.410 e. The van der Waals surface area contributed by atoms with Crippen molar-refractivity contribution in [2.75, 3.05) is 20.2 Å². The van der Waals surface area contributed by atoms with Gasteiger partial charge in [0.25, 0.3) is 0 Å². The Balaban J connectivity index is 1.63. The fourth-order valence-corrected chi connectivity index (χ4v) is 4.04. The van der Waals surface area contributed by atoms with E-state index in [2.05, 4.69) is 21.4 Å². The molecule has 1 amide bonds. The molecule has 10 heteroatoms. The average Bonchev–Trinajstić information content (AvgIpc) is 3.35. The van der Waals surface area contributed by atoms with E-state index in [1.165, 1.54) is 6.20 Å². The summed E-state index contributed by atoms with van der Waals surface area (Å²) in [7, 11) is 1.55. The second kappa shape index (κ2) is 8.15. The second-order valence-electron chi connectivity index (χ2n) is 8.93. The van der Waals surface area contributed by atoms with Gasteiger partial charge in [0.2, 0.25) is 5.88 Å². The van der Waals surface area contributed by atoms with Gasteiger partial charge >= 0.3 is 6.09 Å². The monoisotopic (exact) mass is 437 g/mol. The number of aromatic nitrogens is 5. The van der Waals surface area contributed by atoms with Crippen molar-refractivity contribution in [2.45, 2.75) is 52.2 Å². The van der Waals surface area contributed by atoms with Crippen LogP contribution in [-0.4, -0.2) is 61.2 Å². The summed E-state index contributed by atoms with van der Waals surface area (Å²) < 4.78 is 14.6. The zero-order chi connectivity index (χ0) is 23.0. The lowest BCUT2D eigenvalue weighted by atomic mass is 10.1. The molecule has 4 heterocycles. The van der Waals surface area contributed by atoms with Crippen LogP contribution in [-0.2, 0) is 4.74 Å². The number of hydrogen-bond donors (Lipinski definition) is 0. The van der Waals surface area contributed by atoms with Gasteiger partial charge in [0.1, 0.15) is 28.7 Å². The van der Waals surface area contributed by atoms with Gasteiger partial charge < -0.3 is 14.4 Å². The molecule has 0 spiro atoms. The van der Waals surface area contributed by atoms with E-state index in [0.29, 0.717) is 36.0 Å². The van der Waals surface area contributed by atoms with Crippen molar-refractivity contribution >= 4 is 11.7 Å². The van der Waals surface area contributed by atoms with Gasteiger partial charge in [-0.05, 0) is 46.6 Å². The fourth-order valence-electron chi connectivity index (χ4n) is 4.04. The number of likely N-dealkylation sites (tertiary alicyclic amines) is 1. The first-order valence-corrected chi connectivity index (χ1v) is 10.6. The number of fused-ring (bicyclic) bond motifs is 1. The van der Waals surface area contributed by atoms with Crippen molar-refractivity contribution in [1.82, 2.24) is 29.3 Å². The van der Waals surface area contributed by atoms with Crippen LogP contribution in [0.2, 0.25) is 0 Å². The van der Waals surface area contributed by atoms with Crippen molar-refractivity contribution in [3.63, 3.8) is 0 Å². The van der Waals surface area contributed by atoms with Crippen molar-refractivity contribution in [2.24, 2.45) is 0 Å². The van der Waals surface area contributed by atoms with E-state index in [0.717, 1.165) is 24.1 Å². The van der Waals surface area contributed by atoms with Gasteiger partial charge in [0, 0.05) is 24.7 Å². The van der Waals surface area contributed by atoms with E-state index in [4.69, 9.17) is 9.47 Å². The number of amides is 1. The van der Waals surface area contributed by atoms with Crippen LogP contribution in [0.3, 0.4) is 0 Å². The first-order chi connectivity index (χ1) is 15.2. The highest BCUT2D eigenvalue weighted by molar-refractivity contribution is 5.69. The molecule has 0 aliphatic carbocycles. The number of hydrogen-bond acceptors (Lipinski definition) is 7. The highest BCUT2D eigenvalue weighted by Gasteiger charge is 2.30. The number of nitriles is 1. The molecule has 1 aliphatic heterocycles. The summed E-state index contributed by atoms with van der Waals surface area (Å²) in [6.45, 7) is 8.75. The van der Waals surface area contributed by atoms with E-state index in [1.54, 1.807) is 16.4 Å². The molecule has 32 heavy (non-hydrogen) atoms. The number of piperidine rings is 1. The Morgan fingerprint density at radius 2 is 2.09 bits per heavy atom. The predicted molar refractivity (Wildman–Crippen MR) is 116 cm³/mol. The molecule has 3 aromatic heterocycles. The number of carbonyl (C=O) groups excluding carboxylic acids is 1. The van der Waals surface area contributed by atoms with E-state index in [-0.39, 0.29) is 12.1 Å². The van der Waals surface area contributed by atoms with Crippen molar-refractivity contribution in [3.8, 4) is 23.2 Å². The summed E-state index contributed by atoms with van der Waals surface area (Å²) in [5.41, 5.74) is 2.86. The molecule has 1 atom stereocenters. The van der Waals surface area contributed by atoms with Gasteiger partial charge in [-0.3, -0.25) is 4.40 Å². The van der Waals surface area contributed by atoms with Gasteiger partial charge in [-0.1, -0.05) is 5.21 Å². The first-order valence-electron chi connectivity index (χ1n) is 10.6. The molecule has 1 fully saturated rings. The summed E-state index contributed by atoms with van der Waals surface area (Å²) >= 11 is 0. The lowest BCUT2D eigenvalue weighted by Crippen LogP contribution is -2.43. The molecule has 0 radical (unpaired) electrons. The molecular formula is C22H27N7O3. The topological polar surface area (TPSA) is 111 Å². The Kier molecular flexibility index (Phi) is 5.50. The highest BCUT2D eigenvalue weighted by Crippen LogP contribution is 2.31.